The summed E-state index contributed by atoms with van der Waals surface area (Å²) in [5.74, 6) is -0.538. The number of amides is 2. The van der Waals surface area contributed by atoms with Crippen LogP contribution in [0.15, 0.2) is 35.3 Å². The van der Waals surface area contributed by atoms with Crippen molar-refractivity contribution in [2.45, 2.75) is 25.3 Å². The number of benzene rings is 1. The van der Waals surface area contributed by atoms with E-state index in [4.69, 9.17) is 23.1 Å². The molecular weight excluding hydrogens is 408 g/mol. The monoisotopic (exact) mass is 430 g/mol. The zero-order chi connectivity index (χ0) is 21.5. The van der Waals surface area contributed by atoms with Crippen molar-refractivity contribution in [2.75, 3.05) is 24.6 Å². The Bertz CT molecular complexity index is 951. The van der Waals surface area contributed by atoms with Crippen molar-refractivity contribution in [3.63, 3.8) is 0 Å². The minimum Gasteiger partial charge on any atom is -0.382 e. The number of rotatable bonds is 7. The molecule has 1 atom stereocenters. The summed E-state index contributed by atoms with van der Waals surface area (Å²) in [6.45, 7) is 1.18. The van der Waals surface area contributed by atoms with Gasteiger partial charge in [0.15, 0.2) is 28.4 Å². The van der Waals surface area contributed by atoms with Gasteiger partial charge in [0, 0.05) is 19.1 Å². The Morgan fingerprint density at radius 3 is 2.73 bits per heavy atom. The minimum absolute atomic E-state index is 0.00703. The van der Waals surface area contributed by atoms with E-state index < -0.39 is 5.91 Å². The number of aromatic nitrogens is 2. The quantitative estimate of drug-likeness (QED) is 0.396. The minimum atomic E-state index is -0.675. The van der Waals surface area contributed by atoms with Gasteiger partial charge in [-0.05, 0) is 18.4 Å². The third-order valence-corrected chi connectivity index (χ3v) is 4.71. The first-order valence-corrected chi connectivity index (χ1v) is 9.82. The van der Waals surface area contributed by atoms with E-state index in [-0.39, 0.29) is 34.4 Å². The van der Waals surface area contributed by atoms with Crippen LogP contribution >= 0.6 is 11.6 Å². The van der Waals surface area contributed by atoms with E-state index in [0.717, 1.165) is 18.4 Å². The molecule has 0 bridgehead atoms. The van der Waals surface area contributed by atoms with Crippen LogP contribution in [0.5, 0.6) is 0 Å². The maximum absolute atomic E-state index is 12.3. The number of nitrogens with one attached hydrogen (secondary N) is 3. The average molecular weight is 431 g/mol. The summed E-state index contributed by atoms with van der Waals surface area (Å²) in [4.78, 5) is 35.8. The van der Waals surface area contributed by atoms with Gasteiger partial charge < -0.3 is 27.4 Å². The molecule has 2 amide bonds. The Hall–Kier alpha value is -3.40. The van der Waals surface area contributed by atoms with Crippen molar-refractivity contribution in [1.29, 1.82) is 0 Å². The first-order chi connectivity index (χ1) is 14.4. The number of hydrogen-bond acceptors (Lipinski definition) is 6. The van der Waals surface area contributed by atoms with Crippen LogP contribution in [0.2, 0.25) is 5.15 Å². The van der Waals surface area contributed by atoms with Crippen molar-refractivity contribution in [3.05, 3.63) is 46.7 Å². The molecule has 1 aromatic heterocycles. The van der Waals surface area contributed by atoms with E-state index >= 15 is 0 Å². The maximum Gasteiger partial charge on any atom is 0.302 e. The lowest BCUT2D eigenvalue weighted by atomic mass is 10.1. The second-order valence-electron chi connectivity index (χ2n) is 6.78. The molecule has 0 saturated carbocycles. The highest BCUT2D eigenvalue weighted by atomic mass is 35.5. The summed E-state index contributed by atoms with van der Waals surface area (Å²) >= 11 is 5.79. The third-order valence-electron chi connectivity index (χ3n) is 4.44. The Morgan fingerprint density at radius 1 is 1.20 bits per heavy atom. The molecule has 1 saturated heterocycles. The summed E-state index contributed by atoms with van der Waals surface area (Å²) < 4.78 is 0. The van der Waals surface area contributed by atoms with Crippen LogP contribution in [0.3, 0.4) is 0 Å². The summed E-state index contributed by atoms with van der Waals surface area (Å²) in [7, 11) is 0. The lowest BCUT2D eigenvalue weighted by Gasteiger charge is -2.10. The highest BCUT2D eigenvalue weighted by Gasteiger charge is 2.21. The first-order valence-electron chi connectivity index (χ1n) is 9.45. The molecule has 10 nitrogen and oxygen atoms in total. The predicted molar refractivity (Wildman–Crippen MR) is 115 cm³/mol. The van der Waals surface area contributed by atoms with E-state index in [1.807, 2.05) is 30.3 Å². The number of aliphatic imine (C=N–C) groups is 1. The average Bonchev–Trinajstić information content (AvgIpc) is 3.16. The number of carbonyl (C=O) groups excluding carboxylic acids is 2. The number of anilines is 2. The van der Waals surface area contributed by atoms with Gasteiger partial charge in [-0.15, -0.1) is 0 Å². The number of guanidine groups is 1. The molecule has 1 aromatic carbocycles. The lowest BCUT2D eigenvalue weighted by molar-refractivity contribution is -0.120. The second-order valence-corrected chi connectivity index (χ2v) is 7.13. The van der Waals surface area contributed by atoms with Crippen LogP contribution in [0.4, 0.5) is 11.6 Å². The number of carbonyl (C=O) groups is 2. The Kier molecular flexibility index (Phi) is 7.02. The van der Waals surface area contributed by atoms with Crippen LogP contribution in [0.1, 0.15) is 28.9 Å². The van der Waals surface area contributed by atoms with E-state index in [2.05, 4.69) is 30.9 Å². The van der Waals surface area contributed by atoms with Gasteiger partial charge in [0.2, 0.25) is 5.91 Å². The van der Waals surface area contributed by atoms with E-state index in [9.17, 15) is 9.59 Å². The van der Waals surface area contributed by atoms with Crippen LogP contribution in [-0.4, -0.2) is 46.9 Å². The molecule has 11 heteroatoms. The molecule has 2 heterocycles. The van der Waals surface area contributed by atoms with Gasteiger partial charge in [0.05, 0.1) is 6.42 Å². The van der Waals surface area contributed by atoms with E-state index in [1.54, 1.807) is 0 Å². The molecule has 0 radical (unpaired) electrons. The highest BCUT2D eigenvalue weighted by Crippen LogP contribution is 2.18. The fraction of sp³-hybridized carbons (Fsp3) is 0.316. The smallest absolute Gasteiger partial charge is 0.302 e. The molecule has 1 fully saturated rings. The standard InChI is InChI=1S/C19H23ClN8O2/c20-15-17(22)27-16(21)14(26-15)18(30)28-19-24-10-12(25-19)7-4-8-23-13(29)9-11-5-2-1-3-6-11/h1-3,5-6,12H,4,7-10H2,(H,23,29)(H4,21,22,27)(H2,24,25,28,30)/t12-/m1/s1. The number of halogens is 1. The fourth-order valence-corrected chi connectivity index (χ4v) is 3.06. The van der Waals surface area contributed by atoms with Gasteiger partial charge in [0.1, 0.15) is 0 Å². The molecule has 158 valence electrons. The van der Waals surface area contributed by atoms with Gasteiger partial charge in [0.25, 0.3) is 0 Å². The lowest BCUT2D eigenvalue weighted by Crippen LogP contribution is -2.31. The molecule has 1 aliphatic rings. The molecule has 1 aliphatic heterocycles. The van der Waals surface area contributed by atoms with Gasteiger partial charge in [-0.25, -0.2) is 9.97 Å². The summed E-state index contributed by atoms with van der Waals surface area (Å²) in [6.07, 6.45) is 1.94. The summed E-state index contributed by atoms with van der Waals surface area (Å²) in [6, 6.07) is 9.67. The van der Waals surface area contributed by atoms with Gasteiger partial charge in [-0.3, -0.25) is 9.59 Å². The Balaban J connectivity index is 1.41. The van der Waals surface area contributed by atoms with Gasteiger partial charge in [-0.1, -0.05) is 41.9 Å². The number of nitrogens with two attached hydrogens (primary N) is 2. The van der Waals surface area contributed by atoms with Crippen LogP contribution in [0, 0.1) is 0 Å². The second kappa shape index (κ2) is 9.88. The number of nitrogens with zero attached hydrogens (tertiary/aromatic N) is 3. The first kappa shape index (κ1) is 21.3. The van der Waals surface area contributed by atoms with Gasteiger partial charge in [-0.2, -0.15) is 4.99 Å². The molecule has 7 N–H and O–H groups in total. The molecule has 3 rings (SSSR count). The molecule has 30 heavy (non-hydrogen) atoms. The van der Waals surface area contributed by atoms with Crippen molar-refractivity contribution < 1.29 is 9.59 Å². The maximum atomic E-state index is 12.3. The van der Waals surface area contributed by atoms with Crippen molar-refractivity contribution in [1.82, 2.24) is 25.9 Å². The summed E-state index contributed by atoms with van der Waals surface area (Å²) in [5, 5.41) is 8.95. The molecule has 0 spiro atoms. The number of hydrogen-bond donors (Lipinski definition) is 5. The molecule has 0 unspecified atom stereocenters. The van der Waals surface area contributed by atoms with Gasteiger partial charge >= 0.3 is 5.91 Å². The fourth-order valence-electron chi connectivity index (χ4n) is 2.93. The van der Waals surface area contributed by atoms with Crippen molar-refractivity contribution in [2.24, 2.45) is 4.99 Å². The normalized spacial score (nSPS) is 16.7. The van der Waals surface area contributed by atoms with E-state index in [1.165, 1.54) is 0 Å². The highest BCUT2D eigenvalue weighted by molar-refractivity contribution is 6.31. The SMILES string of the molecule is Nc1nc(N)c(C(=O)/N=C2\NC[C@@H](CCCNC(=O)Cc3ccccc3)N2)nc1Cl. The largest absolute Gasteiger partial charge is 0.382 e. The molecular formula is C19H23ClN8O2. The Labute approximate surface area is 178 Å². The van der Waals surface area contributed by atoms with Crippen LogP contribution in [-0.2, 0) is 11.2 Å². The van der Waals surface area contributed by atoms with Crippen LogP contribution < -0.4 is 27.4 Å². The topological polar surface area (TPSA) is 160 Å². The zero-order valence-electron chi connectivity index (χ0n) is 16.2. The van der Waals surface area contributed by atoms with Crippen molar-refractivity contribution >= 4 is 41.0 Å². The van der Waals surface area contributed by atoms with E-state index in [0.29, 0.717) is 25.5 Å². The Morgan fingerprint density at radius 2 is 1.97 bits per heavy atom. The zero-order valence-corrected chi connectivity index (χ0v) is 16.9. The van der Waals surface area contributed by atoms with Crippen molar-refractivity contribution in [3.8, 4) is 0 Å². The predicted octanol–water partition coefficient (Wildman–Crippen LogP) is 0.491. The summed E-state index contributed by atoms with van der Waals surface area (Å²) in [5.41, 5.74) is 12.0. The third kappa shape index (κ3) is 5.80. The van der Waals surface area contributed by atoms with Crippen LogP contribution in [0.25, 0.3) is 0 Å². The number of nitrogen functional groups attached to an aromatic ring is 2. The molecule has 0 aliphatic carbocycles. The molecule has 2 aromatic rings.